The van der Waals surface area contributed by atoms with Crippen molar-refractivity contribution in [3.8, 4) is 0 Å². The molecule has 2 aromatic rings. The number of nitro groups is 1. The van der Waals surface area contributed by atoms with Gasteiger partial charge in [-0.25, -0.2) is 4.79 Å². The van der Waals surface area contributed by atoms with E-state index in [1.54, 1.807) is 0 Å². The van der Waals surface area contributed by atoms with Crippen molar-refractivity contribution in [1.82, 2.24) is 9.88 Å². The summed E-state index contributed by atoms with van der Waals surface area (Å²) in [6, 6.07) is 4.16. The molecule has 0 saturated carbocycles. The van der Waals surface area contributed by atoms with Crippen LogP contribution in [0.1, 0.15) is 33.1 Å². The molecule has 0 radical (unpaired) electrons. The summed E-state index contributed by atoms with van der Waals surface area (Å²) in [5.74, 6) is -0.640. The number of oxazole rings is 1. The highest BCUT2D eigenvalue weighted by atomic mass is 16.6. The molecule has 1 N–H and O–H groups in total. The van der Waals surface area contributed by atoms with Gasteiger partial charge in [-0.2, -0.15) is 0 Å². The van der Waals surface area contributed by atoms with Crippen molar-refractivity contribution in [2.24, 2.45) is 0 Å². The van der Waals surface area contributed by atoms with E-state index >= 15 is 0 Å². The molecule has 0 aliphatic rings. The van der Waals surface area contributed by atoms with Crippen LogP contribution in [0.25, 0.3) is 11.1 Å². The maximum Gasteiger partial charge on any atom is 0.419 e. The molecule has 1 atom stereocenters. The number of nitro benzene ring substituents is 1. The molecule has 23 heavy (non-hydrogen) atoms. The van der Waals surface area contributed by atoms with E-state index in [9.17, 15) is 19.7 Å². The van der Waals surface area contributed by atoms with Crippen molar-refractivity contribution in [3.63, 3.8) is 0 Å². The molecular formula is C15H19N3O5. The fourth-order valence-corrected chi connectivity index (χ4v) is 2.23. The van der Waals surface area contributed by atoms with E-state index in [0.717, 1.165) is 6.42 Å². The number of amides is 1. The Hall–Kier alpha value is -2.64. The van der Waals surface area contributed by atoms with Crippen LogP contribution >= 0.6 is 0 Å². The van der Waals surface area contributed by atoms with Gasteiger partial charge >= 0.3 is 5.76 Å². The Morgan fingerprint density at radius 1 is 1.48 bits per heavy atom. The highest BCUT2D eigenvalue weighted by molar-refractivity contribution is 5.77. The molecular weight excluding hydrogens is 302 g/mol. The predicted octanol–water partition coefficient (Wildman–Crippen LogP) is 2.20. The average Bonchev–Trinajstić information content (AvgIpc) is 2.82. The van der Waals surface area contributed by atoms with Gasteiger partial charge in [-0.3, -0.25) is 19.5 Å². The highest BCUT2D eigenvalue weighted by Gasteiger charge is 2.14. The van der Waals surface area contributed by atoms with Gasteiger partial charge in [0.2, 0.25) is 5.91 Å². The Labute approximate surface area is 132 Å². The minimum absolute atomic E-state index is 0.0594. The number of fused-ring (bicyclic) bond motifs is 1. The van der Waals surface area contributed by atoms with Crippen LogP contribution in [0, 0.1) is 10.1 Å². The predicted molar refractivity (Wildman–Crippen MR) is 84.3 cm³/mol. The number of aromatic nitrogens is 1. The first kappa shape index (κ1) is 16.7. The van der Waals surface area contributed by atoms with Gasteiger partial charge < -0.3 is 9.73 Å². The maximum absolute atomic E-state index is 11.8. The number of non-ortho nitro benzene ring substituents is 1. The van der Waals surface area contributed by atoms with Gasteiger partial charge in [0.05, 0.1) is 16.5 Å². The summed E-state index contributed by atoms with van der Waals surface area (Å²) in [6.45, 7) is 4.23. The number of rotatable bonds is 7. The third-order valence-electron chi connectivity index (χ3n) is 3.67. The van der Waals surface area contributed by atoms with E-state index < -0.39 is 10.7 Å². The third kappa shape index (κ3) is 3.97. The summed E-state index contributed by atoms with van der Waals surface area (Å²) < 4.78 is 6.42. The van der Waals surface area contributed by atoms with Crippen molar-refractivity contribution in [3.05, 3.63) is 38.9 Å². The molecule has 0 aliphatic carbocycles. The van der Waals surface area contributed by atoms with E-state index in [1.165, 1.54) is 22.8 Å². The summed E-state index contributed by atoms with van der Waals surface area (Å²) in [5.41, 5.74) is 0.530. The Kier molecular flexibility index (Phi) is 5.15. The largest absolute Gasteiger partial charge is 0.419 e. The Balaban J connectivity index is 2.06. The molecule has 1 heterocycles. The Morgan fingerprint density at radius 2 is 2.22 bits per heavy atom. The minimum Gasteiger partial charge on any atom is -0.407 e. The van der Waals surface area contributed by atoms with Crippen LogP contribution in [0.15, 0.2) is 27.4 Å². The van der Waals surface area contributed by atoms with Crippen molar-refractivity contribution in [2.75, 3.05) is 0 Å². The van der Waals surface area contributed by atoms with Gasteiger partial charge in [-0.1, -0.05) is 6.92 Å². The molecule has 2 rings (SSSR count). The number of carbonyl (C=O) groups is 1. The van der Waals surface area contributed by atoms with Crippen LogP contribution in [0.3, 0.4) is 0 Å². The van der Waals surface area contributed by atoms with E-state index in [0.29, 0.717) is 24.9 Å². The van der Waals surface area contributed by atoms with Crippen LogP contribution in [0.5, 0.6) is 0 Å². The Bertz CT molecular complexity index is 777. The molecule has 1 unspecified atom stereocenters. The van der Waals surface area contributed by atoms with Crippen molar-refractivity contribution in [1.29, 1.82) is 0 Å². The molecule has 0 aliphatic heterocycles. The molecule has 1 amide bonds. The summed E-state index contributed by atoms with van der Waals surface area (Å²) in [6.07, 6.45) is 1.64. The third-order valence-corrected chi connectivity index (χ3v) is 3.67. The highest BCUT2D eigenvalue weighted by Crippen LogP contribution is 2.20. The topological polar surface area (TPSA) is 107 Å². The summed E-state index contributed by atoms with van der Waals surface area (Å²) >= 11 is 0. The van der Waals surface area contributed by atoms with E-state index in [-0.39, 0.29) is 23.2 Å². The molecule has 1 aromatic heterocycles. The van der Waals surface area contributed by atoms with Crippen LogP contribution in [-0.2, 0) is 11.3 Å². The number of hydrogen-bond acceptors (Lipinski definition) is 5. The first-order chi connectivity index (χ1) is 10.9. The number of aryl methyl sites for hydroxylation is 1. The van der Waals surface area contributed by atoms with Gasteiger partial charge in [0.15, 0.2) is 5.58 Å². The van der Waals surface area contributed by atoms with Crippen molar-refractivity contribution < 1.29 is 14.1 Å². The van der Waals surface area contributed by atoms with Gasteiger partial charge in [-0.15, -0.1) is 0 Å². The first-order valence-corrected chi connectivity index (χ1v) is 7.49. The lowest BCUT2D eigenvalue weighted by atomic mass is 10.2. The monoisotopic (exact) mass is 321 g/mol. The fraction of sp³-hybridized carbons (Fsp3) is 0.467. The zero-order chi connectivity index (χ0) is 17.0. The molecule has 0 bridgehead atoms. The zero-order valence-electron chi connectivity index (χ0n) is 13.1. The Morgan fingerprint density at radius 3 is 2.87 bits per heavy atom. The average molecular weight is 321 g/mol. The van der Waals surface area contributed by atoms with Crippen LogP contribution in [-0.4, -0.2) is 21.4 Å². The lowest BCUT2D eigenvalue weighted by molar-refractivity contribution is -0.384. The van der Waals surface area contributed by atoms with E-state index in [2.05, 4.69) is 5.32 Å². The second kappa shape index (κ2) is 7.08. The quantitative estimate of drug-likeness (QED) is 0.621. The van der Waals surface area contributed by atoms with Crippen molar-refractivity contribution >= 4 is 22.7 Å². The SMILES string of the molecule is CCC(C)NC(=O)CCCn1c(=O)oc2cc([N+](=O)[O-])ccc21. The molecule has 124 valence electrons. The molecule has 0 spiro atoms. The van der Waals surface area contributed by atoms with E-state index in [4.69, 9.17) is 4.42 Å². The van der Waals surface area contributed by atoms with Gasteiger partial charge in [-0.05, 0) is 25.8 Å². The first-order valence-electron chi connectivity index (χ1n) is 7.49. The summed E-state index contributed by atoms with van der Waals surface area (Å²) in [5, 5.41) is 13.6. The summed E-state index contributed by atoms with van der Waals surface area (Å²) in [4.78, 5) is 33.7. The fourth-order valence-electron chi connectivity index (χ4n) is 2.23. The second-order valence-electron chi connectivity index (χ2n) is 5.41. The summed E-state index contributed by atoms with van der Waals surface area (Å²) in [7, 11) is 0. The lowest BCUT2D eigenvalue weighted by Gasteiger charge is -2.11. The molecule has 0 fully saturated rings. The van der Waals surface area contributed by atoms with E-state index in [1.807, 2.05) is 13.8 Å². The number of carbonyl (C=O) groups excluding carboxylic acids is 1. The maximum atomic E-state index is 11.8. The molecule has 1 aromatic carbocycles. The zero-order valence-corrected chi connectivity index (χ0v) is 13.1. The van der Waals surface area contributed by atoms with Crippen LogP contribution in [0.2, 0.25) is 0 Å². The second-order valence-corrected chi connectivity index (χ2v) is 5.41. The van der Waals surface area contributed by atoms with Crippen LogP contribution in [0.4, 0.5) is 5.69 Å². The standard InChI is InChI=1S/C15H19N3O5/c1-3-10(2)16-14(19)5-4-8-17-12-7-6-11(18(21)22)9-13(12)23-15(17)20/h6-7,9-10H,3-5,8H2,1-2H3,(H,16,19). The minimum atomic E-state index is -0.581. The molecule has 0 saturated heterocycles. The number of benzene rings is 1. The van der Waals surface area contributed by atoms with Crippen LogP contribution < -0.4 is 11.1 Å². The number of hydrogen-bond donors (Lipinski definition) is 1. The van der Waals surface area contributed by atoms with Gasteiger partial charge in [0.1, 0.15) is 0 Å². The van der Waals surface area contributed by atoms with Gasteiger partial charge in [0.25, 0.3) is 5.69 Å². The van der Waals surface area contributed by atoms with Crippen molar-refractivity contribution in [2.45, 2.75) is 45.7 Å². The molecule has 8 nitrogen and oxygen atoms in total. The molecule has 8 heteroatoms. The lowest BCUT2D eigenvalue weighted by Crippen LogP contribution is -2.32. The number of nitrogens with one attached hydrogen (secondary N) is 1. The van der Waals surface area contributed by atoms with Gasteiger partial charge in [0, 0.05) is 25.1 Å². The number of nitrogens with zero attached hydrogens (tertiary/aromatic N) is 2. The normalized spacial score (nSPS) is 12.3. The smallest absolute Gasteiger partial charge is 0.407 e.